The van der Waals surface area contributed by atoms with E-state index in [4.69, 9.17) is 5.73 Å². The summed E-state index contributed by atoms with van der Waals surface area (Å²) in [6.07, 6.45) is 0. The highest BCUT2D eigenvalue weighted by Crippen LogP contribution is 2.18. The number of benzene rings is 2. The van der Waals surface area contributed by atoms with Gasteiger partial charge in [0.1, 0.15) is 11.3 Å². The molecule has 2 aromatic carbocycles. The van der Waals surface area contributed by atoms with Crippen LogP contribution in [0.4, 0.5) is 5.95 Å². The number of anilines is 1. The monoisotopic (exact) mass is 360 g/mol. The van der Waals surface area contributed by atoms with Gasteiger partial charge in [-0.05, 0) is 24.6 Å². The molecule has 1 amide bonds. The normalized spacial score (nSPS) is 10.9. The molecule has 27 heavy (non-hydrogen) atoms. The van der Waals surface area contributed by atoms with Crippen molar-refractivity contribution in [2.24, 2.45) is 5.73 Å². The van der Waals surface area contributed by atoms with Crippen molar-refractivity contribution in [1.82, 2.24) is 29.9 Å². The number of aryl methyl sites for hydroxylation is 1. The number of carbonyl (C=O) groups is 1. The van der Waals surface area contributed by atoms with Crippen molar-refractivity contribution < 1.29 is 4.79 Å². The van der Waals surface area contributed by atoms with E-state index in [1.54, 1.807) is 25.1 Å². The van der Waals surface area contributed by atoms with Crippen LogP contribution in [0.25, 0.3) is 17.0 Å². The predicted octanol–water partition coefficient (Wildman–Crippen LogP) is 1.62. The van der Waals surface area contributed by atoms with Gasteiger partial charge in [0.25, 0.3) is 11.9 Å². The number of nitrogens with two attached hydrogens (primary N) is 1. The predicted molar refractivity (Wildman–Crippen MR) is 99.3 cm³/mol. The number of primary amides is 1. The van der Waals surface area contributed by atoms with Gasteiger partial charge < -0.3 is 11.1 Å². The summed E-state index contributed by atoms with van der Waals surface area (Å²) in [4.78, 5) is 24.7. The van der Waals surface area contributed by atoms with E-state index in [1.807, 2.05) is 30.3 Å². The van der Waals surface area contributed by atoms with Crippen LogP contribution in [0.2, 0.25) is 0 Å². The van der Waals surface area contributed by atoms with Crippen molar-refractivity contribution in [3.8, 4) is 5.95 Å². The van der Waals surface area contributed by atoms with Crippen LogP contribution >= 0.6 is 0 Å². The molecule has 0 aliphatic heterocycles. The van der Waals surface area contributed by atoms with Gasteiger partial charge >= 0.3 is 0 Å². The first-order chi connectivity index (χ1) is 13.1. The highest BCUT2D eigenvalue weighted by Gasteiger charge is 2.16. The molecule has 3 N–H and O–H groups in total. The molecule has 4 aromatic rings. The molecule has 0 aliphatic carbocycles. The van der Waals surface area contributed by atoms with Gasteiger partial charge in [-0.2, -0.15) is 19.6 Å². The third-order valence-electron chi connectivity index (χ3n) is 3.96. The quantitative estimate of drug-likeness (QED) is 0.554. The summed E-state index contributed by atoms with van der Waals surface area (Å²) in [5.74, 6) is 0.702. The molecule has 0 fully saturated rings. The number of carbonyl (C=O) groups excluding carboxylic acids is 1. The van der Waals surface area contributed by atoms with E-state index in [2.05, 4.69) is 30.6 Å². The second-order valence-electron chi connectivity index (χ2n) is 5.88. The maximum atomic E-state index is 11.6. The maximum absolute atomic E-state index is 11.6. The largest absolute Gasteiger partial charge is 0.366 e. The number of fused-ring (bicyclic) bond motifs is 1. The fourth-order valence-corrected chi connectivity index (χ4v) is 2.71. The summed E-state index contributed by atoms with van der Waals surface area (Å²) in [6.45, 7) is 2.35. The van der Waals surface area contributed by atoms with E-state index in [0.29, 0.717) is 40.9 Å². The van der Waals surface area contributed by atoms with Crippen molar-refractivity contribution in [2.75, 3.05) is 5.32 Å². The number of nitrogens with one attached hydrogen (secondary N) is 1. The van der Waals surface area contributed by atoms with Crippen molar-refractivity contribution in [1.29, 1.82) is 0 Å². The number of hydrogen-bond donors (Lipinski definition) is 2. The van der Waals surface area contributed by atoms with Gasteiger partial charge in [0.15, 0.2) is 0 Å². The zero-order valence-electron chi connectivity index (χ0n) is 14.5. The van der Waals surface area contributed by atoms with Crippen LogP contribution in [0, 0.1) is 6.92 Å². The first kappa shape index (κ1) is 16.6. The Labute approximate surface area is 154 Å². The molecule has 0 saturated heterocycles. The molecule has 0 radical (unpaired) electrons. The van der Waals surface area contributed by atoms with Crippen LogP contribution < -0.4 is 11.1 Å². The third kappa shape index (κ3) is 3.30. The fraction of sp³-hybridized carbons (Fsp3) is 0.111. The van der Waals surface area contributed by atoms with E-state index < -0.39 is 5.91 Å². The first-order valence-electron chi connectivity index (χ1n) is 8.27. The van der Waals surface area contributed by atoms with Crippen molar-refractivity contribution in [2.45, 2.75) is 13.5 Å². The first-order valence-corrected chi connectivity index (χ1v) is 8.27. The van der Waals surface area contributed by atoms with E-state index in [1.165, 1.54) is 4.68 Å². The SMILES string of the molecule is Cc1nc(NCc2ccccc2)nc(-n2nnc3c(C(N)=O)cccc32)n1. The Balaban J connectivity index is 1.70. The Morgan fingerprint density at radius 3 is 2.67 bits per heavy atom. The van der Waals surface area contributed by atoms with Gasteiger partial charge in [0, 0.05) is 6.54 Å². The standard InChI is InChI=1S/C18H16N8O/c1-11-21-17(20-10-12-6-3-2-4-7-12)23-18(22-11)26-14-9-5-8-13(16(19)27)15(14)24-25-26/h2-9H,10H2,1H3,(H2,19,27)(H,20,21,22,23). The van der Waals surface area contributed by atoms with Crippen LogP contribution in [0.15, 0.2) is 48.5 Å². The molecule has 2 heterocycles. The number of amides is 1. The average Bonchev–Trinajstić information content (AvgIpc) is 3.11. The average molecular weight is 360 g/mol. The minimum Gasteiger partial charge on any atom is -0.366 e. The molecule has 0 bridgehead atoms. The van der Waals surface area contributed by atoms with Gasteiger partial charge in [0.05, 0.1) is 11.1 Å². The highest BCUT2D eigenvalue weighted by molar-refractivity contribution is 6.03. The van der Waals surface area contributed by atoms with E-state index >= 15 is 0 Å². The molecule has 0 unspecified atom stereocenters. The van der Waals surface area contributed by atoms with Gasteiger partial charge in [-0.3, -0.25) is 4.79 Å². The number of nitrogens with zero attached hydrogens (tertiary/aromatic N) is 6. The highest BCUT2D eigenvalue weighted by atomic mass is 16.1. The molecule has 2 aromatic heterocycles. The molecule has 4 rings (SSSR count). The van der Waals surface area contributed by atoms with Crippen LogP contribution in [-0.4, -0.2) is 35.9 Å². The number of rotatable bonds is 5. The zero-order chi connectivity index (χ0) is 18.8. The molecule has 0 aliphatic rings. The van der Waals surface area contributed by atoms with Gasteiger partial charge in [-0.25, -0.2) is 0 Å². The Kier molecular flexibility index (Phi) is 4.17. The van der Waals surface area contributed by atoms with Gasteiger partial charge in [-0.1, -0.05) is 41.6 Å². The summed E-state index contributed by atoms with van der Waals surface area (Å²) >= 11 is 0. The smallest absolute Gasteiger partial charge is 0.257 e. The van der Waals surface area contributed by atoms with Crippen LogP contribution in [-0.2, 0) is 6.54 Å². The Hall–Kier alpha value is -3.88. The third-order valence-corrected chi connectivity index (χ3v) is 3.96. The van der Waals surface area contributed by atoms with Crippen LogP contribution in [0.5, 0.6) is 0 Å². The molecule has 9 heteroatoms. The molecule has 0 atom stereocenters. The fourth-order valence-electron chi connectivity index (χ4n) is 2.71. The maximum Gasteiger partial charge on any atom is 0.257 e. The zero-order valence-corrected chi connectivity index (χ0v) is 14.5. The Bertz CT molecular complexity index is 1120. The van der Waals surface area contributed by atoms with Crippen LogP contribution in [0.3, 0.4) is 0 Å². The molecular formula is C18H16N8O. The van der Waals surface area contributed by atoms with Gasteiger partial charge in [-0.15, -0.1) is 5.10 Å². The van der Waals surface area contributed by atoms with E-state index in [9.17, 15) is 4.79 Å². The van der Waals surface area contributed by atoms with Crippen molar-refractivity contribution in [3.05, 3.63) is 65.5 Å². The summed E-state index contributed by atoms with van der Waals surface area (Å²) in [6, 6.07) is 15.0. The van der Waals surface area contributed by atoms with Crippen molar-refractivity contribution >= 4 is 22.9 Å². The second-order valence-corrected chi connectivity index (χ2v) is 5.88. The molecular weight excluding hydrogens is 344 g/mol. The van der Waals surface area contributed by atoms with E-state index in [0.717, 1.165) is 5.56 Å². The van der Waals surface area contributed by atoms with Gasteiger partial charge in [0.2, 0.25) is 5.95 Å². The topological polar surface area (TPSA) is 125 Å². The van der Waals surface area contributed by atoms with E-state index in [-0.39, 0.29) is 0 Å². The Morgan fingerprint density at radius 1 is 1.07 bits per heavy atom. The number of hydrogen-bond acceptors (Lipinski definition) is 7. The minimum atomic E-state index is -0.565. The Morgan fingerprint density at radius 2 is 1.89 bits per heavy atom. The molecule has 0 spiro atoms. The second kappa shape index (κ2) is 6.79. The van der Waals surface area contributed by atoms with Crippen molar-refractivity contribution in [3.63, 3.8) is 0 Å². The molecule has 9 nitrogen and oxygen atoms in total. The summed E-state index contributed by atoms with van der Waals surface area (Å²) in [7, 11) is 0. The minimum absolute atomic E-state index is 0.298. The number of aromatic nitrogens is 6. The molecule has 0 saturated carbocycles. The summed E-state index contributed by atoms with van der Waals surface area (Å²) < 4.78 is 1.46. The van der Waals surface area contributed by atoms with Crippen LogP contribution in [0.1, 0.15) is 21.7 Å². The lowest BCUT2D eigenvalue weighted by molar-refractivity contribution is 0.100. The lowest BCUT2D eigenvalue weighted by Crippen LogP contribution is -2.12. The summed E-state index contributed by atoms with van der Waals surface area (Å²) in [5.41, 5.74) is 7.80. The molecule has 134 valence electrons. The summed E-state index contributed by atoms with van der Waals surface area (Å²) in [5, 5.41) is 11.3. The lowest BCUT2D eigenvalue weighted by Gasteiger charge is -2.08. The lowest BCUT2D eigenvalue weighted by atomic mass is 10.2.